The Morgan fingerprint density at radius 3 is 2.82 bits per heavy atom. The summed E-state index contributed by atoms with van der Waals surface area (Å²) >= 11 is 0. The van der Waals surface area contributed by atoms with Crippen molar-refractivity contribution in [3.8, 4) is 0 Å². The van der Waals surface area contributed by atoms with E-state index in [4.69, 9.17) is 0 Å². The van der Waals surface area contributed by atoms with Crippen molar-refractivity contribution in [1.82, 2.24) is 20.2 Å². The minimum absolute atomic E-state index is 0.138. The Balaban J connectivity index is 1.57. The fourth-order valence-electron chi connectivity index (χ4n) is 2.83. The predicted molar refractivity (Wildman–Crippen MR) is 85.2 cm³/mol. The molecule has 2 N–H and O–H groups in total. The lowest BCUT2D eigenvalue weighted by molar-refractivity contribution is -0.125. The third-order valence-corrected chi connectivity index (χ3v) is 4.13. The third-order valence-electron chi connectivity index (χ3n) is 4.13. The molecule has 116 valence electrons. The summed E-state index contributed by atoms with van der Waals surface area (Å²) in [5.74, 6) is 1.18. The lowest BCUT2D eigenvalue weighted by atomic mass is 9.97. The molecule has 0 spiro atoms. The summed E-state index contributed by atoms with van der Waals surface area (Å²) in [5, 5.41) is 6.31. The molecule has 2 heterocycles. The molecule has 22 heavy (non-hydrogen) atoms. The van der Waals surface area contributed by atoms with Crippen molar-refractivity contribution in [2.24, 2.45) is 5.92 Å². The molecular formula is C17H22N4O. The average Bonchev–Trinajstić information content (AvgIpc) is 3.01. The van der Waals surface area contributed by atoms with Crippen LogP contribution in [0.25, 0.3) is 0 Å². The maximum absolute atomic E-state index is 12.2. The van der Waals surface area contributed by atoms with Gasteiger partial charge in [-0.05, 0) is 31.5 Å². The first kappa shape index (κ1) is 14.8. The van der Waals surface area contributed by atoms with Gasteiger partial charge in [-0.15, -0.1) is 0 Å². The molecule has 0 radical (unpaired) electrons. The summed E-state index contributed by atoms with van der Waals surface area (Å²) in [5.41, 5.74) is 1.23. The van der Waals surface area contributed by atoms with Crippen molar-refractivity contribution in [2.75, 3.05) is 13.1 Å². The Morgan fingerprint density at radius 1 is 1.27 bits per heavy atom. The highest BCUT2D eigenvalue weighted by atomic mass is 16.1. The van der Waals surface area contributed by atoms with Gasteiger partial charge >= 0.3 is 0 Å². The number of carbonyl (C=O) groups excluding carboxylic acids is 1. The first-order valence-electron chi connectivity index (χ1n) is 7.85. The van der Waals surface area contributed by atoms with E-state index >= 15 is 0 Å². The fourth-order valence-corrected chi connectivity index (χ4v) is 2.83. The molecule has 5 heteroatoms. The van der Waals surface area contributed by atoms with Crippen molar-refractivity contribution in [3.63, 3.8) is 0 Å². The average molecular weight is 298 g/mol. The molecule has 1 saturated heterocycles. The van der Waals surface area contributed by atoms with Gasteiger partial charge in [0.1, 0.15) is 5.82 Å². The second kappa shape index (κ2) is 7.22. The number of benzene rings is 1. The zero-order valence-corrected chi connectivity index (χ0v) is 12.7. The van der Waals surface area contributed by atoms with Crippen LogP contribution in [0.5, 0.6) is 0 Å². The van der Waals surface area contributed by atoms with Crippen LogP contribution in [0.4, 0.5) is 0 Å². The number of amides is 1. The molecular weight excluding hydrogens is 276 g/mol. The van der Waals surface area contributed by atoms with Crippen LogP contribution in [0.15, 0.2) is 42.7 Å². The number of hydrogen-bond acceptors (Lipinski definition) is 3. The minimum Gasteiger partial charge on any atom is -0.349 e. The van der Waals surface area contributed by atoms with E-state index in [-0.39, 0.29) is 11.8 Å². The molecule has 1 amide bonds. The molecule has 1 aliphatic heterocycles. The molecule has 0 unspecified atom stereocenters. The van der Waals surface area contributed by atoms with Crippen LogP contribution in [-0.2, 0) is 17.9 Å². The van der Waals surface area contributed by atoms with E-state index in [2.05, 4.69) is 32.3 Å². The Kier molecular flexibility index (Phi) is 4.85. The van der Waals surface area contributed by atoms with E-state index in [0.29, 0.717) is 6.54 Å². The van der Waals surface area contributed by atoms with Crippen LogP contribution >= 0.6 is 0 Å². The molecule has 1 aliphatic rings. The maximum Gasteiger partial charge on any atom is 0.223 e. The highest BCUT2D eigenvalue weighted by Crippen LogP contribution is 2.12. The first-order chi connectivity index (χ1) is 10.8. The van der Waals surface area contributed by atoms with Crippen molar-refractivity contribution < 1.29 is 4.79 Å². The number of piperidine rings is 1. The zero-order chi connectivity index (χ0) is 15.2. The van der Waals surface area contributed by atoms with Gasteiger partial charge in [0, 0.05) is 24.9 Å². The largest absolute Gasteiger partial charge is 0.349 e. The zero-order valence-electron chi connectivity index (χ0n) is 12.7. The van der Waals surface area contributed by atoms with E-state index in [1.54, 1.807) is 6.20 Å². The predicted octanol–water partition coefficient (Wildman–Crippen LogP) is 1.55. The fraction of sp³-hybridized carbons (Fsp3) is 0.412. The van der Waals surface area contributed by atoms with Gasteiger partial charge < -0.3 is 15.2 Å². The summed E-state index contributed by atoms with van der Waals surface area (Å²) in [6.07, 6.45) is 5.59. The molecule has 1 fully saturated rings. The maximum atomic E-state index is 12.2. The number of hydrogen-bond donors (Lipinski definition) is 2. The second-order valence-electron chi connectivity index (χ2n) is 5.70. The summed E-state index contributed by atoms with van der Waals surface area (Å²) in [6.45, 7) is 3.13. The topological polar surface area (TPSA) is 59.0 Å². The minimum atomic E-state index is 0.138. The van der Waals surface area contributed by atoms with Crippen molar-refractivity contribution >= 4 is 5.91 Å². The van der Waals surface area contributed by atoms with Crippen LogP contribution in [-0.4, -0.2) is 28.5 Å². The SMILES string of the molecule is O=C(NCc1nccn1Cc1ccccc1)C1CCNCC1. The van der Waals surface area contributed by atoms with Crippen molar-refractivity contribution in [1.29, 1.82) is 0 Å². The van der Waals surface area contributed by atoms with Gasteiger partial charge in [-0.25, -0.2) is 4.98 Å². The van der Waals surface area contributed by atoms with E-state index < -0.39 is 0 Å². The molecule has 1 aromatic heterocycles. The van der Waals surface area contributed by atoms with Gasteiger partial charge in [-0.1, -0.05) is 30.3 Å². The smallest absolute Gasteiger partial charge is 0.223 e. The van der Waals surface area contributed by atoms with E-state index in [1.807, 2.05) is 24.4 Å². The number of aromatic nitrogens is 2. The van der Waals surface area contributed by atoms with Crippen molar-refractivity contribution in [3.05, 3.63) is 54.1 Å². The lowest BCUT2D eigenvalue weighted by Gasteiger charge is -2.21. The highest BCUT2D eigenvalue weighted by molar-refractivity contribution is 5.78. The van der Waals surface area contributed by atoms with Gasteiger partial charge in [0.2, 0.25) is 5.91 Å². The van der Waals surface area contributed by atoms with Gasteiger partial charge in [0.25, 0.3) is 0 Å². The van der Waals surface area contributed by atoms with Crippen LogP contribution in [0.3, 0.4) is 0 Å². The molecule has 1 aromatic carbocycles. The third kappa shape index (κ3) is 3.74. The monoisotopic (exact) mass is 298 g/mol. The first-order valence-corrected chi connectivity index (χ1v) is 7.85. The van der Waals surface area contributed by atoms with E-state index in [9.17, 15) is 4.79 Å². The number of carbonyl (C=O) groups is 1. The van der Waals surface area contributed by atoms with Crippen LogP contribution in [0.2, 0.25) is 0 Å². The Hall–Kier alpha value is -2.14. The van der Waals surface area contributed by atoms with Crippen molar-refractivity contribution in [2.45, 2.75) is 25.9 Å². The molecule has 3 rings (SSSR count). The van der Waals surface area contributed by atoms with Gasteiger partial charge in [-0.3, -0.25) is 4.79 Å². The normalized spacial score (nSPS) is 15.6. The van der Waals surface area contributed by atoms with E-state index in [1.165, 1.54) is 5.56 Å². The van der Waals surface area contributed by atoms with E-state index in [0.717, 1.165) is 38.3 Å². The van der Waals surface area contributed by atoms with Crippen LogP contribution in [0, 0.1) is 5.92 Å². The molecule has 0 aliphatic carbocycles. The standard InChI is InChI=1S/C17H22N4O/c22-17(15-6-8-18-9-7-15)20-12-16-19-10-11-21(16)13-14-4-2-1-3-5-14/h1-5,10-11,15,18H,6-9,12-13H2,(H,20,22). The summed E-state index contributed by atoms with van der Waals surface area (Å²) in [6, 6.07) is 10.3. The quantitative estimate of drug-likeness (QED) is 0.880. The number of nitrogens with one attached hydrogen (secondary N) is 2. The Morgan fingerprint density at radius 2 is 2.05 bits per heavy atom. The van der Waals surface area contributed by atoms with Gasteiger partial charge in [0.05, 0.1) is 6.54 Å². The summed E-state index contributed by atoms with van der Waals surface area (Å²) in [4.78, 5) is 16.6. The molecule has 2 aromatic rings. The molecule has 5 nitrogen and oxygen atoms in total. The molecule has 0 saturated carbocycles. The lowest BCUT2D eigenvalue weighted by Crippen LogP contribution is -2.38. The summed E-state index contributed by atoms with van der Waals surface area (Å²) in [7, 11) is 0. The highest BCUT2D eigenvalue weighted by Gasteiger charge is 2.20. The summed E-state index contributed by atoms with van der Waals surface area (Å²) < 4.78 is 2.08. The number of imidazole rings is 1. The van der Waals surface area contributed by atoms with Crippen LogP contribution in [0.1, 0.15) is 24.2 Å². The molecule has 0 atom stereocenters. The Bertz CT molecular complexity index is 602. The Labute approximate surface area is 130 Å². The van der Waals surface area contributed by atoms with Gasteiger partial charge in [-0.2, -0.15) is 0 Å². The second-order valence-corrected chi connectivity index (χ2v) is 5.70. The number of rotatable bonds is 5. The molecule has 0 bridgehead atoms. The van der Waals surface area contributed by atoms with Crippen LogP contribution < -0.4 is 10.6 Å². The van der Waals surface area contributed by atoms with Gasteiger partial charge in [0.15, 0.2) is 0 Å². The number of nitrogens with zero attached hydrogens (tertiary/aromatic N) is 2.